The summed E-state index contributed by atoms with van der Waals surface area (Å²) in [6, 6.07) is 0. The van der Waals surface area contributed by atoms with Gasteiger partial charge >= 0.3 is 0 Å². The van der Waals surface area contributed by atoms with E-state index in [0.29, 0.717) is 49.4 Å². The summed E-state index contributed by atoms with van der Waals surface area (Å²) in [5.74, 6) is 2.68. The van der Waals surface area contributed by atoms with E-state index in [4.69, 9.17) is 14.2 Å². The van der Waals surface area contributed by atoms with Crippen LogP contribution in [0.15, 0.2) is 0 Å². The number of fused-ring (bicyclic) bond motifs is 5. The Labute approximate surface area is 232 Å². The van der Waals surface area contributed by atoms with Gasteiger partial charge in [0.05, 0.1) is 58.0 Å². The molecule has 4 fully saturated rings. The van der Waals surface area contributed by atoms with Crippen LogP contribution in [0.1, 0.15) is 98.8 Å². The van der Waals surface area contributed by atoms with E-state index in [0.717, 1.165) is 32.1 Å². The summed E-state index contributed by atoms with van der Waals surface area (Å²) in [7, 11) is 0. The topological polar surface area (TPSA) is 88.4 Å². The van der Waals surface area contributed by atoms with E-state index in [1.807, 2.05) is 0 Å². The molecule has 0 amide bonds. The molecule has 222 valence electrons. The zero-order chi connectivity index (χ0) is 27.6. The predicted molar refractivity (Wildman–Crippen MR) is 150 cm³/mol. The highest BCUT2D eigenvalue weighted by Crippen LogP contribution is 2.74. The summed E-state index contributed by atoms with van der Waals surface area (Å²) in [4.78, 5) is 0. The van der Waals surface area contributed by atoms with Crippen molar-refractivity contribution in [2.24, 2.45) is 45.8 Å². The van der Waals surface area contributed by atoms with E-state index in [1.165, 1.54) is 32.1 Å². The van der Waals surface area contributed by atoms with E-state index >= 15 is 0 Å². The normalized spacial score (nSPS) is 45.3. The van der Waals surface area contributed by atoms with Crippen molar-refractivity contribution in [3.05, 3.63) is 0 Å². The minimum absolute atomic E-state index is 0.0297. The first-order valence-electron chi connectivity index (χ1n) is 15.9. The molecule has 4 saturated carbocycles. The summed E-state index contributed by atoms with van der Waals surface area (Å²) < 4.78 is 19.3. The van der Waals surface area contributed by atoms with Crippen LogP contribution in [0.5, 0.6) is 0 Å². The third-order valence-corrected chi connectivity index (χ3v) is 12.5. The summed E-state index contributed by atoms with van der Waals surface area (Å²) in [5, 5.41) is 28.8. The Bertz CT molecular complexity index is 747. The first-order valence-corrected chi connectivity index (χ1v) is 15.9. The number of aliphatic hydroxyl groups excluding tert-OH is 3. The first kappa shape index (κ1) is 30.7. The zero-order valence-electron chi connectivity index (χ0n) is 25.0. The Morgan fingerprint density at radius 2 is 1.53 bits per heavy atom. The van der Waals surface area contributed by atoms with Crippen molar-refractivity contribution in [3.8, 4) is 0 Å². The second-order valence-electron chi connectivity index (χ2n) is 14.0. The van der Waals surface area contributed by atoms with Gasteiger partial charge in [-0.3, -0.25) is 0 Å². The lowest BCUT2D eigenvalue weighted by Crippen LogP contribution is -2.67. The van der Waals surface area contributed by atoms with Crippen LogP contribution in [0, 0.1) is 45.8 Å². The van der Waals surface area contributed by atoms with Crippen molar-refractivity contribution < 1.29 is 29.5 Å². The second-order valence-corrected chi connectivity index (χ2v) is 14.0. The quantitative estimate of drug-likeness (QED) is 0.298. The molecule has 6 heteroatoms. The van der Waals surface area contributed by atoms with Crippen molar-refractivity contribution in [1.82, 2.24) is 0 Å². The van der Waals surface area contributed by atoms with Crippen molar-refractivity contribution in [1.29, 1.82) is 0 Å². The molecule has 11 atom stereocenters. The summed E-state index contributed by atoms with van der Waals surface area (Å²) >= 11 is 0. The average Bonchev–Trinajstić information content (AvgIpc) is 3.19. The van der Waals surface area contributed by atoms with Gasteiger partial charge in [-0.25, -0.2) is 0 Å². The molecule has 4 rings (SSSR count). The molecule has 0 bridgehead atoms. The molecule has 0 aromatic heterocycles. The van der Waals surface area contributed by atoms with Crippen molar-refractivity contribution in [2.45, 2.75) is 117 Å². The SMILES string of the molecule is CCCCC(C)C1CCC2(C)C3C(OCCO)CC4CC(OCCO)CCC4(C)C3CC(OCCO)C12C. The van der Waals surface area contributed by atoms with Gasteiger partial charge in [0.15, 0.2) is 0 Å². The van der Waals surface area contributed by atoms with Gasteiger partial charge in [0, 0.05) is 5.41 Å². The molecule has 38 heavy (non-hydrogen) atoms. The summed E-state index contributed by atoms with van der Waals surface area (Å²) in [6.07, 6.45) is 12.0. The highest BCUT2D eigenvalue weighted by molar-refractivity contribution is 5.19. The van der Waals surface area contributed by atoms with Crippen LogP contribution in [-0.4, -0.2) is 73.3 Å². The Balaban J connectivity index is 1.71. The Kier molecular flexibility index (Phi) is 10.3. The first-order chi connectivity index (χ1) is 18.2. The number of rotatable bonds is 13. The van der Waals surface area contributed by atoms with Crippen LogP contribution in [-0.2, 0) is 14.2 Å². The zero-order valence-corrected chi connectivity index (χ0v) is 25.0. The molecule has 4 aliphatic carbocycles. The largest absolute Gasteiger partial charge is 0.394 e. The molecule has 3 N–H and O–H groups in total. The van der Waals surface area contributed by atoms with E-state index in [-0.39, 0.29) is 54.4 Å². The van der Waals surface area contributed by atoms with E-state index in [1.54, 1.807) is 0 Å². The number of ether oxygens (including phenoxy) is 3. The van der Waals surface area contributed by atoms with Crippen LogP contribution in [0.25, 0.3) is 0 Å². The van der Waals surface area contributed by atoms with Crippen LogP contribution in [0.4, 0.5) is 0 Å². The van der Waals surface area contributed by atoms with Crippen molar-refractivity contribution in [3.63, 3.8) is 0 Å². The highest BCUT2D eigenvalue weighted by atomic mass is 16.5. The lowest BCUT2D eigenvalue weighted by Gasteiger charge is -2.68. The molecule has 0 spiro atoms. The van der Waals surface area contributed by atoms with Gasteiger partial charge < -0.3 is 29.5 Å². The molecule has 6 nitrogen and oxygen atoms in total. The lowest BCUT2D eigenvalue weighted by molar-refractivity contribution is -0.259. The van der Waals surface area contributed by atoms with Crippen LogP contribution in [0.3, 0.4) is 0 Å². The van der Waals surface area contributed by atoms with Gasteiger partial charge in [0.1, 0.15) is 0 Å². The number of aliphatic hydroxyl groups is 3. The molecule has 0 radical (unpaired) electrons. The van der Waals surface area contributed by atoms with Gasteiger partial charge in [0.2, 0.25) is 0 Å². The van der Waals surface area contributed by atoms with Gasteiger partial charge in [-0.1, -0.05) is 53.9 Å². The van der Waals surface area contributed by atoms with Crippen LogP contribution >= 0.6 is 0 Å². The fraction of sp³-hybridized carbons (Fsp3) is 1.00. The van der Waals surface area contributed by atoms with Crippen LogP contribution in [0.2, 0.25) is 0 Å². The fourth-order valence-corrected chi connectivity index (χ4v) is 10.4. The maximum atomic E-state index is 9.79. The molecule has 0 aliphatic heterocycles. The monoisotopic (exact) mass is 538 g/mol. The van der Waals surface area contributed by atoms with Crippen LogP contribution < -0.4 is 0 Å². The summed E-state index contributed by atoms with van der Waals surface area (Å²) in [6.45, 7) is 13.8. The molecule has 11 unspecified atom stereocenters. The molecule has 4 aliphatic rings. The number of unbranched alkanes of at least 4 members (excludes halogenated alkanes) is 1. The van der Waals surface area contributed by atoms with E-state index in [2.05, 4.69) is 34.6 Å². The third kappa shape index (κ3) is 5.25. The molecule has 0 saturated heterocycles. The highest BCUT2D eigenvalue weighted by Gasteiger charge is 2.71. The second kappa shape index (κ2) is 12.7. The molecular formula is C32H58O6. The molecule has 0 heterocycles. The van der Waals surface area contributed by atoms with Gasteiger partial charge in [-0.2, -0.15) is 0 Å². The van der Waals surface area contributed by atoms with Gasteiger partial charge in [-0.15, -0.1) is 0 Å². The van der Waals surface area contributed by atoms with E-state index in [9.17, 15) is 15.3 Å². The number of hydrogen-bond acceptors (Lipinski definition) is 6. The van der Waals surface area contributed by atoms with E-state index < -0.39 is 0 Å². The Morgan fingerprint density at radius 1 is 0.842 bits per heavy atom. The fourth-order valence-electron chi connectivity index (χ4n) is 10.4. The third-order valence-electron chi connectivity index (χ3n) is 12.5. The standard InChI is InChI=1S/C32H58O6/c1-6-7-8-22(2)25-10-12-31(4)29-26(21-28(32(25,31)5)38-18-15-35)30(3)11-9-24(36-16-13-33)19-23(30)20-27(29)37-17-14-34/h22-29,33-35H,6-21H2,1-5H3. The molecule has 0 aromatic carbocycles. The molecule has 0 aromatic rings. The maximum Gasteiger partial charge on any atom is 0.0701 e. The van der Waals surface area contributed by atoms with Crippen molar-refractivity contribution in [2.75, 3.05) is 39.6 Å². The minimum atomic E-state index is 0.0297. The average molecular weight is 539 g/mol. The molecular weight excluding hydrogens is 480 g/mol. The number of hydrogen-bond donors (Lipinski definition) is 3. The lowest BCUT2D eigenvalue weighted by atomic mass is 9.39. The Hall–Kier alpha value is -0.240. The Morgan fingerprint density at radius 3 is 2.21 bits per heavy atom. The van der Waals surface area contributed by atoms with Crippen molar-refractivity contribution >= 4 is 0 Å². The minimum Gasteiger partial charge on any atom is -0.394 e. The van der Waals surface area contributed by atoms with Gasteiger partial charge in [0.25, 0.3) is 0 Å². The summed E-state index contributed by atoms with van der Waals surface area (Å²) in [5.41, 5.74) is 0.307. The maximum absolute atomic E-state index is 9.79. The smallest absolute Gasteiger partial charge is 0.0701 e. The van der Waals surface area contributed by atoms with Gasteiger partial charge in [-0.05, 0) is 85.4 Å². The predicted octanol–water partition coefficient (Wildman–Crippen LogP) is 5.21.